The van der Waals surface area contributed by atoms with Crippen molar-refractivity contribution in [3.05, 3.63) is 0 Å². The summed E-state index contributed by atoms with van der Waals surface area (Å²) in [5.41, 5.74) is 0. The van der Waals surface area contributed by atoms with Crippen LogP contribution in [0, 0.1) is 0 Å². The first-order valence-electron chi connectivity index (χ1n) is 5.33. The summed E-state index contributed by atoms with van der Waals surface area (Å²) in [4.78, 5) is 33.3. The van der Waals surface area contributed by atoms with Crippen molar-refractivity contribution in [2.45, 2.75) is 46.0 Å². The molecule has 0 aromatic carbocycles. The predicted octanol–water partition coefficient (Wildman–Crippen LogP) is 1.66. The lowest BCUT2D eigenvalue weighted by Gasteiger charge is -2.00. The van der Waals surface area contributed by atoms with Crippen LogP contribution in [0.15, 0.2) is 0 Å². The summed E-state index contributed by atoms with van der Waals surface area (Å²) in [5.74, 6) is -1.26. The third-order valence-electron chi connectivity index (χ3n) is 1.93. The van der Waals surface area contributed by atoms with E-state index < -0.39 is 11.8 Å². The van der Waals surface area contributed by atoms with E-state index in [-0.39, 0.29) is 25.0 Å². The maximum atomic E-state index is 11.2. The predicted molar refractivity (Wildman–Crippen MR) is 55.4 cm³/mol. The molecule has 0 bridgehead atoms. The fraction of sp³-hybridized carbons (Fsp3) is 0.727. The largest absolute Gasteiger partial charge is 0.466 e. The highest BCUT2D eigenvalue weighted by Crippen LogP contribution is 2.01. The van der Waals surface area contributed by atoms with Gasteiger partial charge in [-0.1, -0.05) is 13.3 Å². The Bertz CT molecular complexity index is 233. The molecule has 0 aliphatic heterocycles. The fourth-order valence-electron chi connectivity index (χ4n) is 1.06. The van der Waals surface area contributed by atoms with Crippen LogP contribution in [0.4, 0.5) is 0 Å². The van der Waals surface area contributed by atoms with Crippen molar-refractivity contribution in [3.8, 4) is 0 Å². The van der Waals surface area contributed by atoms with Gasteiger partial charge in [0.05, 0.1) is 13.0 Å². The van der Waals surface area contributed by atoms with Crippen molar-refractivity contribution in [3.63, 3.8) is 0 Å². The number of esters is 1. The molecule has 4 nitrogen and oxygen atoms in total. The molecule has 0 saturated carbocycles. The summed E-state index contributed by atoms with van der Waals surface area (Å²) < 4.78 is 4.65. The Kier molecular flexibility index (Phi) is 7.50. The van der Waals surface area contributed by atoms with E-state index in [1.54, 1.807) is 6.92 Å². The van der Waals surface area contributed by atoms with Crippen LogP contribution in [0.1, 0.15) is 46.0 Å². The molecule has 0 aliphatic rings. The summed E-state index contributed by atoms with van der Waals surface area (Å²) in [6, 6.07) is 0. The number of carbonyl (C=O) groups is 3. The van der Waals surface area contributed by atoms with Crippen LogP contribution in [0.3, 0.4) is 0 Å². The van der Waals surface area contributed by atoms with Crippen molar-refractivity contribution in [2.24, 2.45) is 0 Å². The van der Waals surface area contributed by atoms with E-state index in [1.807, 2.05) is 6.92 Å². The fourth-order valence-corrected chi connectivity index (χ4v) is 1.06. The van der Waals surface area contributed by atoms with Gasteiger partial charge in [0.15, 0.2) is 11.6 Å². The molecule has 86 valence electrons. The van der Waals surface area contributed by atoms with Crippen molar-refractivity contribution < 1.29 is 19.1 Å². The van der Waals surface area contributed by atoms with E-state index in [2.05, 4.69) is 4.74 Å². The number of ether oxygens (including phenoxy) is 1. The minimum Gasteiger partial charge on any atom is -0.466 e. The minimum atomic E-state index is -0.462. The van der Waals surface area contributed by atoms with Gasteiger partial charge >= 0.3 is 5.97 Å². The topological polar surface area (TPSA) is 60.4 Å². The van der Waals surface area contributed by atoms with Crippen LogP contribution in [-0.2, 0) is 19.1 Å². The SMILES string of the molecule is CCCCC(=O)C(=O)CCC(=O)OCC. The lowest BCUT2D eigenvalue weighted by Crippen LogP contribution is -2.15. The van der Waals surface area contributed by atoms with Crippen LogP contribution >= 0.6 is 0 Å². The van der Waals surface area contributed by atoms with Gasteiger partial charge in [0.2, 0.25) is 0 Å². The molecule has 0 fully saturated rings. The van der Waals surface area contributed by atoms with E-state index in [0.29, 0.717) is 6.61 Å². The molecule has 0 N–H and O–H groups in total. The van der Waals surface area contributed by atoms with Gasteiger partial charge in [0.25, 0.3) is 0 Å². The first kappa shape index (κ1) is 13.8. The van der Waals surface area contributed by atoms with Gasteiger partial charge in [-0.05, 0) is 13.3 Å². The number of carbonyl (C=O) groups excluding carboxylic acids is 3. The number of hydrogen-bond acceptors (Lipinski definition) is 4. The number of Topliss-reactive ketones (excluding diaryl/α,β-unsaturated/α-hetero) is 2. The Morgan fingerprint density at radius 1 is 0.933 bits per heavy atom. The smallest absolute Gasteiger partial charge is 0.306 e. The lowest BCUT2D eigenvalue weighted by atomic mass is 10.1. The van der Waals surface area contributed by atoms with E-state index in [1.165, 1.54) is 0 Å². The Morgan fingerprint density at radius 2 is 1.53 bits per heavy atom. The number of hydrogen-bond donors (Lipinski definition) is 0. The third-order valence-corrected chi connectivity index (χ3v) is 1.93. The zero-order valence-corrected chi connectivity index (χ0v) is 9.38. The third kappa shape index (κ3) is 6.82. The molecule has 0 amide bonds. The maximum absolute atomic E-state index is 11.2. The molecular weight excluding hydrogens is 196 g/mol. The molecule has 0 rings (SSSR count). The zero-order chi connectivity index (χ0) is 11.7. The molecule has 15 heavy (non-hydrogen) atoms. The van der Waals surface area contributed by atoms with Gasteiger partial charge in [0.1, 0.15) is 0 Å². The van der Waals surface area contributed by atoms with E-state index in [0.717, 1.165) is 12.8 Å². The van der Waals surface area contributed by atoms with Crippen LogP contribution < -0.4 is 0 Å². The van der Waals surface area contributed by atoms with Crippen LogP contribution in [0.2, 0.25) is 0 Å². The molecule has 0 saturated heterocycles. The molecule has 0 aromatic heterocycles. The Morgan fingerprint density at radius 3 is 2.07 bits per heavy atom. The first-order valence-corrected chi connectivity index (χ1v) is 5.33. The summed E-state index contributed by atoms with van der Waals surface area (Å²) in [6.45, 7) is 3.96. The lowest BCUT2D eigenvalue weighted by molar-refractivity contribution is -0.145. The second-order valence-electron chi connectivity index (χ2n) is 3.25. The van der Waals surface area contributed by atoms with Crippen molar-refractivity contribution >= 4 is 17.5 Å². The summed E-state index contributed by atoms with van der Waals surface area (Å²) in [5, 5.41) is 0. The maximum Gasteiger partial charge on any atom is 0.306 e. The number of ketones is 2. The average Bonchev–Trinajstić information content (AvgIpc) is 2.22. The van der Waals surface area contributed by atoms with Gasteiger partial charge in [-0.15, -0.1) is 0 Å². The van der Waals surface area contributed by atoms with Gasteiger partial charge in [-0.3, -0.25) is 14.4 Å². The second kappa shape index (κ2) is 8.15. The van der Waals surface area contributed by atoms with Gasteiger partial charge < -0.3 is 4.74 Å². The number of rotatable bonds is 8. The minimum absolute atomic E-state index is 0.00450. The highest BCUT2D eigenvalue weighted by Gasteiger charge is 2.14. The van der Waals surface area contributed by atoms with Crippen LogP contribution in [0.5, 0.6) is 0 Å². The van der Waals surface area contributed by atoms with E-state index in [9.17, 15) is 14.4 Å². The molecule has 0 aliphatic carbocycles. The highest BCUT2D eigenvalue weighted by atomic mass is 16.5. The highest BCUT2D eigenvalue weighted by molar-refractivity contribution is 6.37. The molecule has 4 heteroatoms. The molecule has 0 heterocycles. The quantitative estimate of drug-likeness (QED) is 0.455. The molecule has 0 spiro atoms. The summed E-state index contributed by atoms with van der Waals surface area (Å²) >= 11 is 0. The molecule has 0 unspecified atom stereocenters. The Labute approximate surface area is 90.0 Å². The molecule has 0 radical (unpaired) electrons. The normalized spacial score (nSPS) is 9.73. The van der Waals surface area contributed by atoms with Crippen molar-refractivity contribution in [1.29, 1.82) is 0 Å². The van der Waals surface area contributed by atoms with Gasteiger partial charge in [0, 0.05) is 12.8 Å². The molecule has 0 aromatic rings. The zero-order valence-electron chi connectivity index (χ0n) is 9.38. The van der Waals surface area contributed by atoms with Gasteiger partial charge in [-0.25, -0.2) is 0 Å². The van der Waals surface area contributed by atoms with Crippen molar-refractivity contribution in [2.75, 3.05) is 6.61 Å². The number of unbranched alkanes of at least 4 members (excludes halogenated alkanes) is 1. The van der Waals surface area contributed by atoms with Crippen LogP contribution in [0.25, 0.3) is 0 Å². The monoisotopic (exact) mass is 214 g/mol. The first-order chi connectivity index (χ1) is 7.11. The molecular formula is C11H18O4. The standard InChI is InChI=1S/C11H18O4/c1-3-5-6-9(12)10(13)7-8-11(14)15-4-2/h3-8H2,1-2H3. The summed E-state index contributed by atoms with van der Waals surface area (Å²) in [7, 11) is 0. The second-order valence-corrected chi connectivity index (χ2v) is 3.25. The average molecular weight is 214 g/mol. The van der Waals surface area contributed by atoms with Crippen LogP contribution in [-0.4, -0.2) is 24.1 Å². The van der Waals surface area contributed by atoms with Gasteiger partial charge in [-0.2, -0.15) is 0 Å². The summed E-state index contributed by atoms with van der Waals surface area (Å²) in [6.07, 6.45) is 1.88. The Balaban J connectivity index is 3.73. The van der Waals surface area contributed by atoms with E-state index in [4.69, 9.17) is 0 Å². The molecule has 0 atom stereocenters. The van der Waals surface area contributed by atoms with Crippen molar-refractivity contribution in [1.82, 2.24) is 0 Å². The van der Waals surface area contributed by atoms with E-state index >= 15 is 0 Å². The Hall–Kier alpha value is -1.19.